The highest BCUT2D eigenvalue weighted by molar-refractivity contribution is 6.11. The van der Waals surface area contributed by atoms with Crippen LogP contribution in [0.25, 0.3) is 55.0 Å². The molecule has 2 N–H and O–H groups in total. The highest BCUT2D eigenvalue weighted by Gasteiger charge is 2.15. The van der Waals surface area contributed by atoms with Gasteiger partial charge in [0.05, 0.1) is 33.4 Å². The zero-order valence-electron chi connectivity index (χ0n) is 25.1. The van der Waals surface area contributed by atoms with Crippen LogP contribution in [0.3, 0.4) is 0 Å². The number of para-hydroxylation sites is 6. The van der Waals surface area contributed by atoms with Crippen LogP contribution in [0, 0.1) is 0 Å². The van der Waals surface area contributed by atoms with Gasteiger partial charge in [-0.1, -0.05) is 84.9 Å². The highest BCUT2D eigenvalue weighted by Crippen LogP contribution is 2.37. The quantitative estimate of drug-likeness (QED) is 0.202. The van der Waals surface area contributed by atoms with E-state index in [4.69, 9.17) is 0 Å². The van der Waals surface area contributed by atoms with Gasteiger partial charge in [0.2, 0.25) is 0 Å². The van der Waals surface area contributed by atoms with Crippen LogP contribution in [0.4, 0.5) is 22.7 Å². The first-order valence-electron chi connectivity index (χ1n) is 15.6. The molecular weight excluding hydrogens is 560 g/mol. The van der Waals surface area contributed by atoms with Gasteiger partial charge in [0.1, 0.15) is 0 Å². The second-order valence-corrected chi connectivity index (χ2v) is 11.6. The van der Waals surface area contributed by atoms with E-state index in [-0.39, 0.29) is 0 Å². The van der Waals surface area contributed by atoms with Crippen LogP contribution in [0.1, 0.15) is 0 Å². The van der Waals surface area contributed by atoms with Gasteiger partial charge in [-0.2, -0.15) is 0 Å². The number of hydrogen-bond donors (Lipinski definition) is 2. The van der Waals surface area contributed by atoms with Gasteiger partial charge in [0, 0.05) is 44.3 Å². The lowest BCUT2D eigenvalue weighted by Crippen LogP contribution is -1.98. The van der Waals surface area contributed by atoms with E-state index >= 15 is 0 Å². The Balaban J connectivity index is 1.09. The van der Waals surface area contributed by atoms with E-state index in [2.05, 4.69) is 190 Å². The Kier molecular flexibility index (Phi) is 6.10. The van der Waals surface area contributed by atoms with Crippen LogP contribution < -0.4 is 10.6 Å². The number of rotatable bonds is 6. The molecule has 0 spiro atoms. The predicted molar refractivity (Wildman–Crippen MR) is 195 cm³/mol. The second-order valence-electron chi connectivity index (χ2n) is 11.6. The SMILES string of the molecule is c1ccc(-n2c3ccccc3c3cc(Nc4ccccc4Nc4ccc5c(c4)c4ccccc4n5-c4ccccc4)ccc32)cc1. The molecule has 9 aromatic rings. The molecule has 4 nitrogen and oxygen atoms in total. The molecule has 0 saturated heterocycles. The summed E-state index contributed by atoms with van der Waals surface area (Å²) >= 11 is 0. The van der Waals surface area contributed by atoms with Gasteiger partial charge in [0.15, 0.2) is 0 Å². The fourth-order valence-corrected chi connectivity index (χ4v) is 6.82. The largest absolute Gasteiger partial charge is 0.354 e. The van der Waals surface area contributed by atoms with Gasteiger partial charge < -0.3 is 19.8 Å². The highest BCUT2D eigenvalue weighted by atomic mass is 15.0. The van der Waals surface area contributed by atoms with Crippen molar-refractivity contribution >= 4 is 66.4 Å². The van der Waals surface area contributed by atoms with E-state index in [0.29, 0.717) is 0 Å². The standard InChI is InChI=1S/C42H30N4/c1-3-13-31(14-4-1)45-39-21-11-7-17-33(39)35-27-29(23-25-41(35)45)43-37-19-9-10-20-38(37)44-30-24-26-42-36(28-30)34-18-8-12-22-40(34)46(42)32-15-5-2-6-16-32/h1-28,43-44H. The molecule has 4 heteroatoms. The summed E-state index contributed by atoms with van der Waals surface area (Å²) < 4.78 is 4.68. The van der Waals surface area contributed by atoms with E-state index < -0.39 is 0 Å². The van der Waals surface area contributed by atoms with Gasteiger partial charge in [-0.05, 0) is 84.9 Å². The molecule has 0 atom stereocenters. The van der Waals surface area contributed by atoms with Gasteiger partial charge in [-0.25, -0.2) is 0 Å². The van der Waals surface area contributed by atoms with Crippen LogP contribution >= 0.6 is 0 Å². The molecule has 0 aliphatic rings. The number of hydrogen-bond acceptors (Lipinski definition) is 2. The molecule has 0 amide bonds. The Labute approximate surface area is 266 Å². The molecule has 2 heterocycles. The first kappa shape index (κ1) is 26.2. The molecule has 0 bridgehead atoms. The number of fused-ring (bicyclic) bond motifs is 6. The van der Waals surface area contributed by atoms with Crippen LogP contribution in [0.5, 0.6) is 0 Å². The van der Waals surface area contributed by atoms with Crippen LogP contribution in [0.15, 0.2) is 170 Å². The average molecular weight is 591 g/mol. The second kappa shape index (κ2) is 10.7. The van der Waals surface area contributed by atoms with Gasteiger partial charge >= 0.3 is 0 Å². The zero-order valence-corrected chi connectivity index (χ0v) is 25.1. The minimum atomic E-state index is 1.01. The van der Waals surface area contributed by atoms with Crippen molar-refractivity contribution in [3.8, 4) is 11.4 Å². The third-order valence-corrected chi connectivity index (χ3v) is 8.86. The molecule has 0 aliphatic carbocycles. The smallest absolute Gasteiger partial charge is 0.0623 e. The Morgan fingerprint density at radius 3 is 1.13 bits per heavy atom. The van der Waals surface area contributed by atoms with E-state index in [1.807, 2.05) is 0 Å². The van der Waals surface area contributed by atoms with Crippen molar-refractivity contribution in [3.05, 3.63) is 170 Å². The van der Waals surface area contributed by atoms with Crippen molar-refractivity contribution < 1.29 is 0 Å². The lowest BCUT2D eigenvalue weighted by atomic mass is 10.1. The summed E-state index contributed by atoms with van der Waals surface area (Å²) in [5.41, 5.74) is 11.2. The van der Waals surface area contributed by atoms with Crippen LogP contribution in [-0.4, -0.2) is 9.13 Å². The Morgan fingerprint density at radius 2 is 0.674 bits per heavy atom. The topological polar surface area (TPSA) is 33.9 Å². The molecule has 7 aromatic carbocycles. The first-order valence-corrected chi connectivity index (χ1v) is 15.6. The van der Waals surface area contributed by atoms with Gasteiger partial charge in [0.25, 0.3) is 0 Å². The molecule has 0 saturated carbocycles. The van der Waals surface area contributed by atoms with E-state index in [1.54, 1.807) is 0 Å². The summed E-state index contributed by atoms with van der Waals surface area (Å²) in [6.45, 7) is 0. The summed E-state index contributed by atoms with van der Waals surface area (Å²) in [5.74, 6) is 0. The Bertz CT molecular complexity index is 2350. The van der Waals surface area contributed by atoms with Crippen molar-refractivity contribution in [2.75, 3.05) is 10.6 Å². The van der Waals surface area contributed by atoms with Gasteiger partial charge in [-0.15, -0.1) is 0 Å². The van der Waals surface area contributed by atoms with Crippen molar-refractivity contribution in [3.63, 3.8) is 0 Å². The van der Waals surface area contributed by atoms with Crippen molar-refractivity contribution in [1.29, 1.82) is 0 Å². The number of nitrogens with zero attached hydrogens (tertiary/aromatic N) is 2. The fourth-order valence-electron chi connectivity index (χ4n) is 6.82. The molecule has 0 radical (unpaired) electrons. The monoisotopic (exact) mass is 590 g/mol. The van der Waals surface area contributed by atoms with E-state index in [9.17, 15) is 0 Å². The number of nitrogens with one attached hydrogen (secondary N) is 2. The van der Waals surface area contributed by atoms with E-state index in [1.165, 1.54) is 43.6 Å². The van der Waals surface area contributed by atoms with Gasteiger partial charge in [-0.3, -0.25) is 0 Å². The molecule has 0 unspecified atom stereocenters. The average Bonchev–Trinajstić information content (AvgIpc) is 3.62. The molecule has 2 aromatic heterocycles. The zero-order chi connectivity index (χ0) is 30.5. The molecule has 218 valence electrons. The van der Waals surface area contributed by atoms with Crippen molar-refractivity contribution in [2.24, 2.45) is 0 Å². The molecule has 0 aliphatic heterocycles. The summed E-state index contributed by atoms with van der Waals surface area (Å²) in [5, 5.41) is 12.3. The molecular formula is C42H30N4. The Hall–Kier alpha value is -6.26. The Morgan fingerprint density at radius 1 is 0.304 bits per heavy atom. The summed E-state index contributed by atoms with van der Waals surface area (Å²) in [7, 11) is 0. The van der Waals surface area contributed by atoms with Crippen molar-refractivity contribution in [2.45, 2.75) is 0 Å². The van der Waals surface area contributed by atoms with Crippen molar-refractivity contribution in [1.82, 2.24) is 9.13 Å². The van der Waals surface area contributed by atoms with Crippen LogP contribution in [0.2, 0.25) is 0 Å². The summed E-state index contributed by atoms with van der Waals surface area (Å²) in [6.07, 6.45) is 0. The fraction of sp³-hybridized carbons (Fsp3) is 0. The minimum absolute atomic E-state index is 1.01. The number of aromatic nitrogens is 2. The van der Waals surface area contributed by atoms with E-state index in [0.717, 1.165) is 34.1 Å². The third-order valence-electron chi connectivity index (χ3n) is 8.86. The normalized spacial score (nSPS) is 11.5. The minimum Gasteiger partial charge on any atom is -0.354 e. The molecule has 46 heavy (non-hydrogen) atoms. The molecule has 0 fully saturated rings. The third kappa shape index (κ3) is 4.31. The first-order chi connectivity index (χ1) is 22.8. The number of anilines is 4. The lowest BCUT2D eigenvalue weighted by Gasteiger charge is -2.15. The summed E-state index contributed by atoms with van der Waals surface area (Å²) in [4.78, 5) is 0. The maximum Gasteiger partial charge on any atom is 0.0623 e. The maximum atomic E-state index is 3.72. The number of benzene rings is 7. The summed E-state index contributed by atoms with van der Waals surface area (Å²) in [6, 6.07) is 60.1. The maximum absolute atomic E-state index is 3.72. The lowest BCUT2D eigenvalue weighted by molar-refractivity contribution is 1.18. The molecule has 9 rings (SSSR count). The predicted octanol–water partition coefficient (Wildman–Crippen LogP) is 11.4. The van der Waals surface area contributed by atoms with Crippen LogP contribution in [-0.2, 0) is 0 Å².